The Morgan fingerprint density at radius 1 is 1.33 bits per heavy atom. The molecule has 0 unspecified atom stereocenters. The third-order valence-electron chi connectivity index (χ3n) is 2.90. The number of rotatable bonds is 2. The van der Waals surface area contributed by atoms with Crippen molar-refractivity contribution in [3.63, 3.8) is 0 Å². The van der Waals surface area contributed by atoms with Gasteiger partial charge < -0.3 is 4.74 Å². The molecule has 0 amide bonds. The smallest absolute Gasteiger partial charge is 0.214 e. The molecule has 0 radical (unpaired) electrons. The third kappa shape index (κ3) is 1.39. The maximum atomic E-state index is 5.32. The van der Waals surface area contributed by atoms with Crippen molar-refractivity contribution in [2.24, 2.45) is 0 Å². The van der Waals surface area contributed by atoms with Crippen molar-refractivity contribution < 1.29 is 4.74 Å². The van der Waals surface area contributed by atoms with E-state index in [2.05, 4.69) is 24.2 Å². The maximum absolute atomic E-state index is 5.32. The molecule has 0 saturated heterocycles. The van der Waals surface area contributed by atoms with Crippen molar-refractivity contribution in [2.45, 2.75) is 25.7 Å². The van der Waals surface area contributed by atoms with Crippen LogP contribution in [0.1, 0.15) is 30.0 Å². The zero-order chi connectivity index (χ0) is 10.4. The Kier molecular flexibility index (Phi) is 1.75. The van der Waals surface area contributed by atoms with Gasteiger partial charge in [-0.05, 0) is 37.5 Å². The SMILES string of the molecule is COc1cc(C)cc2cc(C3CC3)nn12. The van der Waals surface area contributed by atoms with Gasteiger partial charge in [-0.25, -0.2) is 4.52 Å². The van der Waals surface area contributed by atoms with Crippen molar-refractivity contribution in [1.29, 1.82) is 0 Å². The summed E-state index contributed by atoms with van der Waals surface area (Å²) in [5.41, 5.74) is 3.55. The van der Waals surface area contributed by atoms with Crippen LogP contribution in [-0.4, -0.2) is 16.7 Å². The molecular weight excluding hydrogens is 188 g/mol. The number of ether oxygens (including phenoxy) is 1. The molecule has 3 rings (SSSR count). The predicted octanol–water partition coefficient (Wildman–Crippen LogP) is 2.53. The summed E-state index contributed by atoms with van der Waals surface area (Å²) in [6.45, 7) is 2.08. The molecule has 0 aliphatic heterocycles. The quantitative estimate of drug-likeness (QED) is 0.748. The van der Waals surface area contributed by atoms with E-state index >= 15 is 0 Å². The number of fused-ring (bicyclic) bond motifs is 1. The van der Waals surface area contributed by atoms with Gasteiger partial charge >= 0.3 is 0 Å². The minimum atomic E-state index is 0.690. The lowest BCUT2D eigenvalue weighted by Crippen LogP contribution is -1.96. The normalized spacial score (nSPS) is 15.9. The highest BCUT2D eigenvalue weighted by Crippen LogP contribution is 2.39. The molecule has 0 bridgehead atoms. The zero-order valence-electron chi connectivity index (χ0n) is 9.03. The minimum absolute atomic E-state index is 0.690. The summed E-state index contributed by atoms with van der Waals surface area (Å²) in [6.07, 6.45) is 2.57. The molecule has 3 heteroatoms. The van der Waals surface area contributed by atoms with E-state index in [4.69, 9.17) is 4.74 Å². The molecule has 2 aromatic rings. The van der Waals surface area contributed by atoms with Gasteiger partial charge in [-0.1, -0.05) is 0 Å². The second-order valence-electron chi connectivity index (χ2n) is 4.26. The van der Waals surface area contributed by atoms with E-state index in [-0.39, 0.29) is 0 Å². The van der Waals surface area contributed by atoms with Crippen molar-refractivity contribution in [3.8, 4) is 5.88 Å². The summed E-state index contributed by atoms with van der Waals surface area (Å²) in [6, 6.07) is 6.32. The first-order valence-electron chi connectivity index (χ1n) is 5.32. The second kappa shape index (κ2) is 2.99. The average Bonchev–Trinajstić information content (AvgIpc) is 2.98. The molecule has 15 heavy (non-hydrogen) atoms. The van der Waals surface area contributed by atoms with Crippen LogP contribution in [0.3, 0.4) is 0 Å². The van der Waals surface area contributed by atoms with Gasteiger partial charge in [0.1, 0.15) is 0 Å². The topological polar surface area (TPSA) is 26.5 Å². The fourth-order valence-corrected chi connectivity index (χ4v) is 1.95. The Morgan fingerprint density at radius 3 is 2.80 bits per heavy atom. The molecule has 0 N–H and O–H groups in total. The fourth-order valence-electron chi connectivity index (χ4n) is 1.95. The van der Waals surface area contributed by atoms with Crippen LogP contribution in [0, 0.1) is 6.92 Å². The Balaban J connectivity index is 2.23. The summed E-state index contributed by atoms with van der Waals surface area (Å²) in [7, 11) is 1.69. The Bertz CT molecular complexity index is 512. The summed E-state index contributed by atoms with van der Waals surface area (Å²) in [4.78, 5) is 0. The van der Waals surface area contributed by atoms with E-state index in [9.17, 15) is 0 Å². The molecule has 2 aromatic heterocycles. The average molecular weight is 202 g/mol. The van der Waals surface area contributed by atoms with Crippen LogP contribution in [0.15, 0.2) is 18.2 Å². The molecular formula is C12H14N2O. The first kappa shape index (κ1) is 8.77. The summed E-state index contributed by atoms with van der Waals surface area (Å²) < 4.78 is 7.21. The highest BCUT2D eigenvalue weighted by Gasteiger charge is 2.26. The van der Waals surface area contributed by atoms with Gasteiger partial charge in [0.25, 0.3) is 0 Å². The molecule has 2 heterocycles. The van der Waals surface area contributed by atoms with E-state index < -0.39 is 0 Å². The second-order valence-corrected chi connectivity index (χ2v) is 4.26. The number of pyridine rings is 1. The molecule has 1 aliphatic carbocycles. The molecule has 1 fully saturated rings. The molecule has 0 spiro atoms. The van der Waals surface area contributed by atoms with E-state index in [1.165, 1.54) is 24.1 Å². The summed E-state index contributed by atoms with van der Waals surface area (Å²) in [5.74, 6) is 1.51. The zero-order valence-corrected chi connectivity index (χ0v) is 9.03. The van der Waals surface area contributed by atoms with Crippen LogP contribution in [-0.2, 0) is 0 Å². The number of hydrogen-bond acceptors (Lipinski definition) is 2. The van der Waals surface area contributed by atoms with E-state index in [1.807, 2.05) is 10.6 Å². The van der Waals surface area contributed by atoms with E-state index in [0.717, 1.165) is 11.4 Å². The first-order valence-corrected chi connectivity index (χ1v) is 5.32. The van der Waals surface area contributed by atoms with Gasteiger partial charge in [0, 0.05) is 12.0 Å². The van der Waals surface area contributed by atoms with Crippen molar-refractivity contribution in [3.05, 3.63) is 29.5 Å². The molecule has 0 atom stereocenters. The Labute approximate surface area is 88.7 Å². The van der Waals surface area contributed by atoms with Crippen LogP contribution in [0.2, 0.25) is 0 Å². The largest absolute Gasteiger partial charge is 0.481 e. The van der Waals surface area contributed by atoms with Crippen LogP contribution >= 0.6 is 0 Å². The van der Waals surface area contributed by atoms with Gasteiger partial charge in [-0.2, -0.15) is 5.10 Å². The van der Waals surface area contributed by atoms with Crippen LogP contribution in [0.5, 0.6) is 5.88 Å². The first-order chi connectivity index (χ1) is 7.28. The summed E-state index contributed by atoms with van der Waals surface area (Å²) >= 11 is 0. The molecule has 78 valence electrons. The van der Waals surface area contributed by atoms with Gasteiger partial charge in [0.2, 0.25) is 5.88 Å². The highest BCUT2D eigenvalue weighted by atomic mass is 16.5. The summed E-state index contributed by atoms with van der Waals surface area (Å²) in [5, 5.41) is 4.58. The Hall–Kier alpha value is -1.51. The highest BCUT2D eigenvalue weighted by molar-refractivity contribution is 5.53. The van der Waals surface area contributed by atoms with E-state index in [0.29, 0.717) is 5.92 Å². The molecule has 1 saturated carbocycles. The van der Waals surface area contributed by atoms with Crippen LogP contribution < -0.4 is 4.74 Å². The molecule has 0 aromatic carbocycles. The number of nitrogens with zero attached hydrogens (tertiary/aromatic N) is 2. The molecule has 1 aliphatic rings. The van der Waals surface area contributed by atoms with Gasteiger partial charge in [-0.15, -0.1) is 0 Å². The lowest BCUT2D eigenvalue weighted by Gasteiger charge is -2.03. The van der Waals surface area contributed by atoms with Gasteiger partial charge in [-0.3, -0.25) is 0 Å². The van der Waals surface area contributed by atoms with Gasteiger partial charge in [0.05, 0.1) is 18.3 Å². The molecule has 3 nitrogen and oxygen atoms in total. The minimum Gasteiger partial charge on any atom is -0.481 e. The van der Waals surface area contributed by atoms with Crippen LogP contribution in [0.25, 0.3) is 5.52 Å². The maximum Gasteiger partial charge on any atom is 0.214 e. The third-order valence-corrected chi connectivity index (χ3v) is 2.90. The number of methoxy groups -OCH3 is 1. The van der Waals surface area contributed by atoms with E-state index in [1.54, 1.807) is 7.11 Å². The fraction of sp³-hybridized carbons (Fsp3) is 0.417. The van der Waals surface area contributed by atoms with Gasteiger partial charge in [0.15, 0.2) is 0 Å². The number of aryl methyl sites for hydroxylation is 1. The standard InChI is InChI=1S/C12H14N2O/c1-8-5-10-7-11(9-3-4-9)13-14(10)12(6-8)15-2/h5-7,9H,3-4H2,1-2H3. The predicted molar refractivity (Wildman–Crippen MR) is 58.5 cm³/mol. The number of aromatic nitrogens is 2. The lowest BCUT2D eigenvalue weighted by atomic mass is 10.2. The number of hydrogen-bond donors (Lipinski definition) is 0. The van der Waals surface area contributed by atoms with Crippen molar-refractivity contribution in [2.75, 3.05) is 7.11 Å². The van der Waals surface area contributed by atoms with Crippen molar-refractivity contribution >= 4 is 5.52 Å². The van der Waals surface area contributed by atoms with Crippen LogP contribution in [0.4, 0.5) is 0 Å². The van der Waals surface area contributed by atoms with Crippen molar-refractivity contribution in [1.82, 2.24) is 9.61 Å². The lowest BCUT2D eigenvalue weighted by molar-refractivity contribution is 0.385. The Morgan fingerprint density at radius 2 is 2.13 bits per heavy atom. The monoisotopic (exact) mass is 202 g/mol.